The molecule has 0 radical (unpaired) electrons. The van der Waals surface area contributed by atoms with Crippen LogP contribution in [0.2, 0.25) is 0 Å². The summed E-state index contributed by atoms with van der Waals surface area (Å²) in [6, 6.07) is 6.56. The van der Waals surface area contributed by atoms with Crippen LogP contribution in [0.15, 0.2) is 28.8 Å². The molecule has 1 heterocycles. The number of nitrogens with zero attached hydrogens (tertiary/aromatic N) is 1. The Labute approximate surface area is 106 Å². The average molecular weight is 248 g/mol. The van der Waals surface area contributed by atoms with Gasteiger partial charge >= 0.3 is 0 Å². The highest BCUT2D eigenvalue weighted by Crippen LogP contribution is 2.28. The Bertz CT molecular complexity index is 533. The summed E-state index contributed by atoms with van der Waals surface area (Å²) in [6.45, 7) is 0. The second-order valence-corrected chi connectivity index (χ2v) is 4.71. The second-order valence-electron chi connectivity index (χ2n) is 4.44. The predicted molar refractivity (Wildman–Crippen MR) is 68.1 cm³/mol. The van der Waals surface area contributed by atoms with Gasteiger partial charge in [0.15, 0.2) is 5.76 Å². The Hall–Kier alpha value is -1.28. The molecule has 0 aliphatic heterocycles. The van der Waals surface area contributed by atoms with Gasteiger partial charge in [0, 0.05) is 5.56 Å². The Morgan fingerprint density at radius 1 is 1.18 bits per heavy atom. The first kappa shape index (κ1) is 10.8. The molecule has 0 unspecified atom stereocenters. The van der Waals surface area contributed by atoms with Gasteiger partial charge in [-0.1, -0.05) is 12.1 Å². The lowest BCUT2D eigenvalue weighted by atomic mass is 9.90. The highest BCUT2D eigenvalue weighted by atomic mass is 35.5. The van der Waals surface area contributed by atoms with Crippen molar-refractivity contribution in [2.75, 3.05) is 0 Å². The fraction of sp³-hybridized carbons (Fsp3) is 0.357. The summed E-state index contributed by atoms with van der Waals surface area (Å²) in [7, 11) is 0. The van der Waals surface area contributed by atoms with Crippen molar-refractivity contribution < 1.29 is 4.42 Å². The van der Waals surface area contributed by atoms with Gasteiger partial charge in [0.1, 0.15) is 0 Å². The van der Waals surface area contributed by atoms with E-state index in [-0.39, 0.29) is 0 Å². The molecular formula is C14H14ClNO. The standard InChI is InChI=1S/C14H14ClNO/c15-8-14-16-9-13(17-14)12-6-5-10-3-1-2-4-11(10)7-12/h5-7,9H,1-4,8H2. The normalized spacial score (nSPS) is 14.6. The Balaban J connectivity index is 1.97. The van der Waals surface area contributed by atoms with Crippen LogP contribution in [-0.2, 0) is 18.7 Å². The minimum Gasteiger partial charge on any atom is -0.439 e. The largest absolute Gasteiger partial charge is 0.439 e. The molecule has 3 rings (SSSR count). The van der Waals surface area contributed by atoms with Crippen molar-refractivity contribution in [3.63, 3.8) is 0 Å². The fourth-order valence-corrected chi connectivity index (χ4v) is 2.52. The molecule has 0 bridgehead atoms. The van der Waals surface area contributed by atoms with Gasteiger partial charge in [-0.2, -0.15) is 0 Å². The van der Waals surface area contributed by atoms with Crippen molar-refractivity contribution in [3.05, 3.63) is 41.4 Å². The zero-order chi connectivity index (χ0) is 11.7. The van der Waals surface area contributed by atoms with Gasteiger partial charge in [0.2, 0.25) is 5.89 Å². The molecule has 1 aromatic heterocycles. The quantitative estimate of drug-likeness (QED) is 0.751. The maximum atomic E-state index is 5.69. The minimum atomic E-state index is 0.324. The number of oxazole rings is 1. The molecule has 0 saturated carbocycles. The predicted octanol–water partition coefficient (Wildman–Crippen LogP) is 3.96. The number of hydrogen-bond donors (Lipinski definition) is 0. The molecule has 88 valence electrons. The summed E-state index contributed by atoms with van der Waals surface area (Å²) < 4.78 is 5.57. The second kappa shape index (κ2) is 4.53. The van der Waals surface area contributed by atoms with Crippen LogP contribution in [0.5, 0.6) is 0 Å². The first-order valence-corrected chi connectivity index (χ1v) is 6.53. The maximum absolute atomic E-state index is 5.69. The zero-order valence-corrected chi connectivity index (χ0v) is 10.3. The summed E-state index contributed by atoms with van der Waals surface area (Å²) in [6.07, 6.45) is 6.74. The van der Waals surface area contributed by atoms with Gasteiger partial charge in [-0.15, -0.1) is 11.6 Å². The number of hydrogen-bond acceptors (Lipinski definition) is 2. The van der Waals surface area contributed by atoms with E-state index in [4.69, 9.17) is 16.0 Å². The molecule has 1 aliphatic carbocycles. The molecule has 3 heteroatoms. The lowest BCUT2D eigenvalue weighted by Crippen LogP contribution is -2.02. The van der Waals surface area contributed by atoms with E-state index >= 15 is 0 Å². The monoisotopic (exact) mass is 247 g/mol. The third-order valence-electron chi connectivity index (χ3n) is 3.30. The molecule has 17 heavy (non-hydrogen) atoms. The first-order chi connectivity index (χ1) is 8.36. The van der Waals surface area contributed by atoms with Crippen LogP contribution in [0.4, 0.5) is 0 Å². The van der Waals surface area contributed by atoms with Crippen LogP contribution in [0.3, 0.4) is 0 Å². The van der Waals surface area contributed by atoms with Crippen LogP contribution >= 0.6 is 11.6 Å². The SMILES string of the molecule is ClCc1ncc(-c2ccc3c(c2)CCCC3)o1. The molecule has 0 spiro atoms. The van der Waals surface area contributed by atoms with E-state index in [1.807, 2.05) is 0 Å². The number of fused-ring (bicyclic) bond motifs is 1. The van der Waals surface area contributed by atoms with Crippen molar-refractivity contribution in [1.29, 1.82) is 0 Å². The number of aromatic nitrogens is 1. The summed E-state index contributed by atoms with van der Waals surface area (Å²) >= 11 is 5.69. The van der Waals surface area contributed by atoms with E-state index < -0.39 is 0 Å². The molecule has 2 nitrogen and oxygen atoms in total. The molecular weight excluding hydrogens is 234 g/mol. The number of alkyl halides is 1. The topological polar surface area (TPSA) is 26.0 Å². The van der Waals surface area contributed by atoms with Crippen LogP contribution in [0, 0.1) is 0 Å². The highest BCUT2D eigenvalue weighted by Gasteiger charge is 2.12. The van der Waals surface area contributed by atoms with E-state index in [0.717, 1.165) is 11.3 Å². The number of aryl methyl sites for hydroxylation is 2. The van der Waals surface area contributed by atoms with Gasteiger partial charge in [0.05, 0.1) is 12.1 Å². The number of benzene rings is 1. The Morgan fingerprint density at radius 3 is 2.76 bits per heavy atom. The third kappa shape index (κ3) is 2.09. The Morgan fingerprint density at radius 2 is 2.00 bits per heavy atom. The summed E-state index contributed by atoms with van der Waals surface area (Å²) in [5.74, 6) is 1.72. The van der Waals surface area contributed by atoms with Crippen molar-refractivity contribution in [2.24, 2.45) is 0 Å². The van der Waals surface area contributed by atoms with E-state index in [1.54, 1.807) is 6.20 Å². The van der Waals surface area contributed by atoms with E-state index in [2.05, 4.69) is 23.2 Å². The summed E-state index contributed by atoms with van der Waals surface area (Å²) in [4.78, 5) is 4.12. The molecule has 0 N–H and O–H groups in total. The average Bonchev–Trinajstić information content (AvgIpc) is 2.87. The molecule has 0 saturated heterocycles. The lowest BCUT2D eigenvalue weighted by Gasteiger charge is -2.15. The highest BCUT2D eigenvalue weighted by molar-refractivity contribution is 6.16. The maximum Gasteiger partial charge on any atom is 0.209 e. The first-order valence-electron chi connectivity index (χ1n) is 5.99. The van der Waals surface area contributed by atoms with Crippen LogP contribution in [0.1, 0.15) is 29.9 Å². The Kier molecular flexibility index (Phi) is 2.89. The molecule has 0 fully saturated rings. The molecule has 1 aromatic carbocycles. The zero-order valence-electron chi connectivity index (χ0n) is 9.58. The van der Waals surface area contributed by atoms with E-state index in [0.29, 0.717) is 11.8 Å². The number of rotatable bonds is 2. The molecule has 2 aromatic rings. The minimum absolute atomic E-state index is 0.324. The fourth-order valence-electron chi connectivity index (χ4n) is 2.39. The number of halogens is 1. The van der Waals surface area contributed by atoms with Crippen LogP contribution in [-0.4, -0.2) is 4.98 Å². The van der Waals surface area contributed by atoms with Crippen molar-refractivity contribution >= 4 is 11.6 Å². The van der Waals surface area contributed by atoms with Gasteiger partial charge in [0.25, 0.3) is 0 Å². The summed E-state index contributed by atoms with van der Waals surface area (Å²) in [5.41, 5.74) is 4.05. The van der Waals surface area contributed by atoms with Gasteiger partial charge in [-0.3, -0.25) is 0 Å². The summed E-state index contributed by atoms with van der Waals surface area (Å²) in [5, 5.41) is 0. The van der Waals surface area contributed by atoms with Gasteiger partial charge in [-0.25, -0.2) is 4.98 Å². The van der Waals surface area contributed by atoms with E-state index in [9.17, 15) is 0 Å². The van der Waals surface area contributed by atoms with Crippen molar-refractivity contribution in [3.8, 4) is 11.3 Å². The smallest absolute Gasteiger partial charge is 0.209 e. The van der Waals surface area contributed by atoms with Crippen molar-refractivity contribution in [2.45, 2.75) is 31.6 Å². The van der Waals surface area contributed by atoms with Crippen LogP contribution in [0.25, 0.3) is 11.3 Å². The molecule has 0 atom stereocenters. The van der Waals surface area contributed by atoms with Gasteiger partial charge in [-0.05, 0) is 42.9 Å². The third-order valence-corrected chi connectivity index (χ3v) is 3.53. The van der Waals surface area contributed by atoms with Gasteiger partial charge < -0.3 is 4.42 Å². The molecule has 1 aliphatic rings. The van der Waals surface area contributed by atoms with Crippen molar-refractivity contribution in [1.82, 2.24) is 4.98 Å². The van der Waals surface area contributed by atoms with Crippen LogP contribution < -0.4 is 0 Å². The molecule has 0 amide bonds. The van der Waals surface area contributed by atoms with E-state index in [1.165, 1.54) is 36.8 Å². The lowest BCUT2D eigenvalue weighted by molar-refractivity contribution is 0.528.